The molecule has 2 N–H and O–H groups in total. The molecule has 1 aliphatic heterocycles. The number of hydrogen-bond donors (Lipinski definition) is 2. The maximum atomic E-state index is 3.52. The maximum Gasteiger partial charge on any atom is 0.0996 e. The van der Waals surface area contributed by atoms with Crippen molar-refractivity contribution in [3.05, 3.63) is 24.3 Å². The number of benzene rings is 1. The first-order valence-corrected chi connectivity index (χ1v) is 4.97. The van der Waals surface area contributed by atoms with Crippen LogP contribution in [-0.2, 0) is 0 Å². The molecule has 0 spiro atoms. The summed E-state index contributed by atoms with van der Waals surface area (Å²) in [7, 11) is 0. The lowest BCUT2D eigenvalue weighted by Crippen LogP contribution is -2.25. The summed E-state index contributed by atoms with van der Waals surface area (Å²) in [5, 5.41) is 7.03. The number of rotatable bonds is 1. The molecule has 2 heteroatoms. The standard InChI is InChI=1S/C11H14N2/c1-7-6-8(7)11-12-9-4-2-3-5-10(9)13-11/h2-5,7-8,11-13H,6H2,1H3. The molecule has 0 aromatic heterocycles. The minimum absolute atomic E-state index is 0.479. The lowest BCUT2D eigenvalue weighted by atomic mass is 10.3. The fourth-order valence-corrected chi connectivity index (χ4v) is 2.14. The van der Waals surface area contributed by atoms with Gasteiger partial charge in [0.2, 0.25) is 0 Å². The molecule has 1 saturated carbocycles. The average Bonchev–Trinajstić information content (AvgIpc) is 2.74. The minimum atomic E-state index is 0.479. The third-order valence-electron chi connectivity index (χ3n) is 3.15. The molecule has 3 rings (SSSR count). The summed E-state index contributed by atoms with van der Waals surface area (Å²) in [6, 6.07) is 8.42. The van der Waals surface area contributed by atoms with Crippen molar-refractivity contribution in [2.24, 2.45) is 11.8 Å². The van der Waals surface area contributed by atoms with Gasteiger partial charge in [0.25, 0.3) is 0 Å². The van der Waals surface area contributed by atoms with Gasteiger partial charge < -0.3 is 10.6 Å². The lowest BCUT2D eigenvalue weighted by molar-refractivity contribution is 0.671. The molecular formula is C11H14N2. The second-order valence-corrected chi connectivity index (χ2v) is 4.19. The van der Waals surface area contributed by atoms with Crippen LogP contribution in [0.3, 0.4) is 0 Å². The summed E-state index contributed by atoms with van der Waals surface area (Å²) in [5.41, 5.74) is 2.51. The maximum absolute atomic E-state index is 3.52. The van der Waals surface area contributed by atoms with Gasteiger partial charge in [0, 0.05) is 5.92 Å². The predicted molar refractivity (Wildman–Crippen MR) is 54.7 cm³/mol. The number of para-hydroxylation sites is 2. The first-order valence-electron chi connectivity index (χ1n) is 4.97. The van der Waals surface area contributed by atoms with Crippen LogP contribution in [0.15, 0.2) is 24.3 Å². The normalized spacial score (nSPS) is 30.5. The van der Waals surface area contributed by atoms with E-state index in [1.165, 1.54) is 17.8 Å². The molecule has 2 atom stereocenters. The van der Waals surface area contributed by atoms with E-state index in [1.54, 1.807) is 0 Å². The highest BCUT2D eigenvalue weighted by molar-refractivity contribution is 5.74. The molecular weight excluding hydrogens is 160 g/mol. The minimum Gasteiger partial charge on any atom is -0.363 e. The topological polar surface area (TPSA) is 24.1 Å². The van der Waals surface area contributed by atoms with E-state index in [4.69, 9.17) is 0 Å². The molecule has 13 heavy (non-hydrogen) atoms. The molecule has 0 bridgehead atoms. The van der Waals surface area contributed by atoms with Gasteiger partial charge in [0.05, 0.1) is 17.5 Å². The van der Waals surface area contributed by atoms with Crippen molar-refractivity contribution < 1.29 is 0 Å². The van der Waals surface area contributed by atoms with Gasteiger partial charge in [-0.25, -0.2) is 0 Å². The Kier molecular flexibility index (Phi) is 1.34. The van der Waals surface area contributed by atoms with Crippen molar-refractivity contribution in [1.29, 1.82) is 0 Å². The van der Waals surface area contributed by atoms with Crippen LogP contribution in [0.2, 0.25) is 0 Å². The van der Waals surface area contributed by atoms with Crippen LogP contribution in [0, 0.1) is 11.8 Å². The highest BCUT2D eigenvalue weighted by Crippen LogP contribution is 2.44. The lowest BCUT2D eigenvalue weighted by Gasteiger charge is -2.10. The molecule has 0 amide bonds. The van der Waals surface area contributed by atoms with E-state index in [9.17, 15) is 0 Å². The first-order chi connectivity index (χ1) is 6.34. The van der Waals surface area contributed by atoms with Crippen molar-refractivity contribution >= 4 is 11.4 Å². The van der Waals surface area contributed by atoms with Crippen molar-refractivity contribution in [3.8, 4) is 0 Å². The molecule has 2 unspecified atom stereocenters. The molecule has 1 aromatic carbocycles. The summed E-state index contributed by atoms with van der Waals surface area (Å²) in [6.45, 7) is 2.32. The van der Waals surface area contributed by atoms with Crippen LogP contribution in [0.4, 0.5) is 11.4 Å². The van der Waals surface area contributed by atoms with Crippen molar-refractivity contribution in [3.63, 3.8) is 0 Å². The highest BCUT2D eigenvalue weighted by Gasteiger charge is 2.41. The van der Waals surface area contributed by atoms with E-state index < -0.39 is 0 Å². The molecule has 1 aliphatic carbocycles. The van der Waals surface area contributed by atoms with E-state index in [2.05, 4.69) is 41.8 Å². The van der Waals surface area contributed by atoms with Crippen molar-refractivity contribution in [1.82, 2.24) is 0 Å². The van der Waals surface area contributed by atoms with Gasteiger partial charge in [-0.1, -0.05) is 19.1 Å². The Hall–Kier alpha value is -1.18. The Balaban J connectivity index is 1.82. The number of anilines is 2. The summed E-state index contributed by atoms with van der Waals surface area (Å²) in [4.78, 5) is 0. The molecule has 0 saturated heterocycles. The largest absolute Gasteiger partial charge is 0.363 e. The molecule has 1 aromatic rings. The quantitative estimate of drug-likeness (QED) is 0.683. The SMILES string of the molecule is CC1CC1C1Nc2ccccc2N1. The van der Waals surface area contributed by atoms with Gasteiger partial charge in [-0.15, -0.1) is 0 Å². The molecule has 68 valence electrons. The number of nitrogens with one attached hydrogen (secondary N) is 2. The molecule has 2 aliphatic rings. The zero-order valence-corrected chi connectivity index (χ0v) is 7.75. The summed E-state index contributed by atoms with van der Waals surface area (Å²) in [5.74, 6) is 1.71. The van der Waals surface area contributed by atoms with E-state index in [-0.39, 0.29) is 0 Å². The average molecular weight is 174 g/mol. The Bertz CT molecular complexity index is 310. The molecule has 1 fully saturated rings. The van der Waals surface area contributed by atoms with Crippen LogP contribution >= 0.6 is 0 Å². The van der Waals surface area contributed by atoms with E-state index in [1.807, 2.05) is 0 Å². The van der Waals surface area contributed by atoms with Crippen molar-refractivity contribution in [2.75, 3.05) is 10.6 Å². The molecule has 1 heterocycles. The van der Waals surface area contributed by atoms with Crippen LogP contribution in [0.5, 0.6) is 0 Å². The number of hydrogen-bond acceptors (Lipinski definition) is 2. The fourth-order valence-electron chi connectivity index (χ4n) is 2.14. The van der Waals surface area contributed by atoms with Gasteiger partial charge in [-0.3, -0.25) is 0 Å². The third kappa shape index (κ3) is 1.09. The smallest absolute Gasteiger partial charge is 0.0996 e. The van der Waals surface area contributed by atoms with Crippen LogP contribution < -0.4 is 10.6 Å². The Morgan fingerprint density at radius 1 is 1.15 bits per heavy atom. The number of fused-ring (bicyclic) bond motifs is 1. The summed E-state index contributed by atoms with van der Waals surface area (Å²) >= 11 is 0. The Morgan fingerprint density at radius 3 is 2.15 bits per heavy atom. The van der Waals surface area contributed by atoms with Crippen LogP contribution in [0.1, 0.15) is 13.3 Å². The third-order valence-corrected chi connectivity index (χ3v) is 3.15. The van der Waals surface area contributed by atoms with Crippen LogP contribution in [0.25, 0.3) is 0 Å². The zero-order chi connectivity index (χ0) is 8.84. The van der Waals surface area contributed by atoms with Gasteiger partial charge >= 0.3 is 0 Å². The molecule has 0 radical (unpaired) electrons. The summed E-state index contributed by atoms with van der Waals surface area (Å²) in [6.07, 6.45) is 1.84. The van der Waals surface area contributed by atoms with Crippen LogP contribution in [-0.4, -0.2) is 6.17 Å². The van der Waals surface area contributed by atoms with E-state index in [0.717, 1.165) is 11.8 Å². The van der Waals surface area contributed by atoms with E-state index >= 15 is 0 Å². The van der Waals surface area contributed by atoms with Gasteiger partial charge in [-0.05, 0) is 24.5 Å². The van der Waals surface area contributed by atoms with E-state index in [0.29, 0.717) is 6.17 Å². The highest BCUT2D eigenvalue weighted by atomic mass is 15.2. The van der Waals surface area contributed by atoms with Gasteiger partial charge in [0.15, 0.2) is 0 Å². The zero-order valence-electron chi connectivity index (χ0n) is 7.75. The predicted octanol–water partition coefficient (Wildman–Crippen LogP) is 2.51. The monoisotopic (exact) mass is 174 g/mol. The van der Waals surface area contributed by atoms with Crippen molar-refractivity contribution in [2.45, 2.75) is 19.5 Å². The molecule has 2 nitrogen and oxygen atoms in total. The Labute approximate surface area is 78.3 Å². The Morgan fingerprint density at radius 2 is 1.69 bits per heavy atom. The summed E-state index contributed by atoms with van der Waals surface area (Å²) < 4.78 is 0. The second kappa shape index (κ2) is 2.41. The first kappa shape index (κ1) is 7.25. The fraction of sp³-hybridized carbons (Fsp3) is 0.455. The second-order valence-electron chi connectivity index (χ2n) is 4.19. The van der Waals surface area contributed by atoms with Gasteiger partial charge in [0.1, 0.15) is 0 Å². The van der Waals surface area contributed by atoms with Gasteiger partial charge in [-0.2, -0.15) is 0 Å².